The maximum absolute atomic E-state index is 5.58. The summed E-state index contributed by atoms with van der Waals surface area (Å²) in [7, 11) is 0. The van der Waals surface area contributed by atoms with Crippen LogP contribution in [-0.4, -0.2) is 24.6 Å². The van der Waals surface area contributed by atoms with Crippen LogP contribution in [0, 0.1) is 5.41 Å². The lowest BCUT2D eigenvalue weighted by Gasteiger charge is -2.35. The van der Waals surface area contributed by atoms with Gasteiger partial charge in [-0.3, -0.25) is 0 Å². The van der Waals surface area contributed by atoms with E-state index in [0.29, 0.717) is 5.41 Å². The van der Waals surface area contributed by atoms with Crippen LogP contribution in [0.4, 0.5) is 6.01 Å². The van der Waals surface area contributed by atoms with Crippen molar-refractivity contribution in [3.8, 4) is 0 Å². The molecule has 1 aromatic rings. The Morgan fingerprint density at radius 1 is 1.39 bits per heavy atom. The zero-order valence-corrected chi connectivity index (χ0v) is 11.8. The number of hydrogen-bond acceptors (Lipinski definition) is 4. The molecule has 0 aromatic carbocycles. The number of hydrogen-bond donors (Lipinski definition) is 1. The fourth-order valence-corrected chi connectivity index (χ4v) is 2.22. The Hall–Kier alpha value is -1.03. The first kappa shape index (κ1) is 13.4. The third-order valence-electron chi connectivity index (χ3n) is 3.66. The first-order chi connectivity index (χ1) is 8.61. The summed E-state index contributed by atoms with van der Waals surface area (Å²) in [6.45, 7) is 10.8. The van der Waals surface area contributed by atoms with Crippen LogP contribution < -0.4 is 10.2 Å². The van der Waals surface area contributed by atoms with Gasteiger partial charge in [0.15, 0.2) is 0 Å². The second-order valence-electron chi connectivity index (χ2n) is 5.95. The molecule has 0 radical (unpaired) electrons. The molecular weight excluding hydrogens is 226 g/mol. The van der Waals surface area contributed by atoms with Gasteiger partial charge in [0.2, 0.25) is 0 Å². The Morgan fingerprint density at radius 3 is 2.78 bits per heavy atom. The largest absolute Gasteiger partial charge is 0.432 e. The molecule has 4 heteroatoms. The molecule has 0 spiro atoms. The van der Waals surface area contributed by atoms with E-state index in [1.54, 1.807) is 6.26 Å². The number of anilines is 1. The molecule has 1 fully saturated rings. The Labute approximate surface area is 110 Å². The minimum Gasteiger partial charge on any atom is -0.432 e. The maximum atomic E-state index is 5.58. The van der Waals surface area contributed by atoms with Crippen LogP contribution in [0.15, 0.2) is 10.7 Å². The number of oxazole rings is 1. The molecular formula is C14H25N3O. The van der Waals surface area contributed by atoms with Crippen molar-refractivity contribution in [3.05, 3.63) is 12.0 Å². The smallest absolute Gasteiger partial charge is 0.297 e. The van der Waals surface area contributed by atoms with Crippen molar-refractivity contribution in [3.63, 3.8) is 0 Å². The van der Waals surface area contributed by atoms with Gasteiger partial charge in [-0.25, -0.2) is 0 Å². The first-order valence-corrected chi connectivity index (χ1v) is 7.01. The quantitative estimate of drug-likeness (QED) is 0.817. The van der Waals surface area contributed by atoms with Gasteiger partial charge in [0.1, 0.15) is 6.26 Å². The lowest BCUT2D eigenvalue weighted by Crippen LogP contribution is -2.37. The van der Waals surface area contributed by atoms with E-state index in [9.17, 15) is 0 Å². The highest BCUT2D eigenvalue weighted by Gasteiger charge is 2.27. The maximum Gasteiger partial charge on any atom is 0.297 e. The van der Waals surface area contributed by atoms with Crippen molar-refractivity contribution in [1.29, 1.82) is 0 Å². The normalized spacial score (nSPS) is 19.2. The first-order valence-electron chi connectivity index (χ1n) is 7.01. The molecule has 0 aliphatic carbocycles. The van der Waals surface area contributed by atoms with E-state index >= 15 is 0 Å². The molecule has 102 valence electrons. The molecule has 0 atom stereocenters. The third-order valence-corrected chi connectivity index (χ3v) is 3.66. The Morgan fingerprint density at radius 2 is 2.11 bits per heavy atom. The number of nitrogens with zero attached hydrogens (tertiary/aromatic N) is 2. The molecule has 2 rings (SSSR count). The van der Waals surface area contributed by atoms with Crippen LogP contribution in [0.2, 0.25) is 0 Å². The van der Waals surface area contributed by atoms with Gasteiger partial charge in [-0.15, -0.1) is 0 Å². The van der Waals surface area contributed by atoms with Gasteiger partial charge in [0.05, 0.1) is 5.69 Å². The number of piperidine rings is 1. The van der Waals surface area contributed by atoms with Crippen molar-refractivity contribution in [2.75, 3.05) is 24.5 Å². The highest BCUT2D eigenvalue weighted by molar-refractivity contribution is 5.28. The average Bonchev–Trinajstić information content (AvgIpc) is 2.78. The highest BCUT2D eigenvalue weighted by Crippen LogP contribution is 2.31. The van der Waals surface area contributed by atoms with E-state index in [1.807, 2.05) is 0 Å². The Balaban J connectivity index is 1.86. The summed E-state index contributed by atoms with van der Waals surface area (Å²) in [6, 6.07) is 0.791. The molecule has 0 bridgehead atoms. The fraction of sp³-hybridized carbons (Fsp3) is 0.786. The minimum atomic E-state index is 0.467. The molecule has 0 saturated carbocycles. The molecule has 1 saturated heterocycles. The van der Waals surface area contributed by atoms with Crippen LogP contribution in [0.25, 0.3) is 0 Å². The summed E-state index contributed by atoms with van der Waals surface area (Å²) in [6.07, 6.45) is 5.33. The summed E-state index contributed by atoms with van der Waals surface area (Å²) < 4.78 is 5.58. The SMILES string of the molecule is CCCNCc1coc(N2CCC(C)(C)CC2)n1. The van der Waals surface area contributed by atoms with E-state index in [0.717, 1.165) is 44.3 Å². The molecule has 0 unspecified atom stereocenters. The van der Waals surface area contributed by atoms with Crippen molar-refractivity contribution in [2.45, 2.75) is 46.6 Å². The summed E-state index contributed by atoms with van der Waals surface area (Å²) in [4.78, 5) is 6.81. The predicted molar refractivity (Wildman–Crippen MR) is 73.7 cm³/mol. The van der Waals surface area contributed by atoms with Gasteiger partial charge in [-0.05, 0) is 31.2 Å². The highest BCUT2D eigenvalue weighted by atomic mass is 16.4. The van der Waals surface area contributed by atoms with Crippen LogP contribution in [0.1, 0.15) is 45.7 Å². The molecule has 1 aliphatic heterocycles. The number of rotatable bonds is 5. The van der Waals surface area contributed by atoms with Gasteiger partial charge in [0, 0.05) is 19.6 Å². The van der Waals surface area contributed by atoms with Gasteiger partial charge in [-0.2, -0.15) is 4.98 Å². The molecule has 2 heterocycles. The standard InChI is InChI=1S/C14H25N3O/c1-4-7-15-10-12-11-18-13(16-12)17-8-5-14(2,3)6-9-17/h11,15H,4-10H2,1-3H3. The van der Waals surface area contributed by atoms with Crippen LogP contribution in [0.5, 0.6) is 0 Å². The summed E-state index contributed by atoms with van der Waals surface area (Å²) >= 11 is 0. The molecule has 4 nitrogen and oxygen atoms in total. The summed E-state index contributed by atoms with van der Waals surface area (Å²) in [5.41, 5.74) is 1.47. The zero-order valence-electron chi connectivity index (χ0n) is 11.8. The minimum absolute atomic E-state index is 0.467. The second-order valence-corrected chi connectivity index (χ2v) is 5.95. The second kappa shape index (κ2) is 5.74. The lowest BCUT2D eigenvalue weighted by molar-refractivity contribution is 0.273. The Kier molecular flexibility index (Phi) is 4.27. The van der Waals surface area contributed by atoms with Crippen LogP contribution >= 0.6 is 0 Å². The monoisotopic (exact) mass is 251 g/mol. The van der Waals surface area contributed by atoms with Crippen LogP contribution in [0.3, 0.4) is 0 Å². The van der Waals surface area contributed by atoms with Gasteiger partial charge >= 0.3 is 0 Å². The zero-order chi connectivity index (χ0) is 13.0. The molecule has 0 amide bonds. The van der Waals surface area contributed by atoms with E-state index in [-0.39, 0.29) is 0 Å². The van der Waals surface area contributed by atoms with Crippen molar-refractivity contribution in [1.82, 2.24) is 10.3 Å². The fourth-order valence-electron chi connectivity index (χ4n) is 2.22. The van der Waals surface area contributed by atoms with Gasteiger partial charge < -0.3 is 14.6 Å². The lowest BCUT2D eigenvalue weighted by atomic mass is 9.83. The number of nitrogens with one attached hydrogen (secondary N) is 1. The third kappa shape index (κ3) is 3.48. The topological polar surface area (TPSA) is 41.3 Å². The van der Waals surface area contributed by atoms with E-state index in [2.05, 4.69) is 36.0 Å². The average molecular weight is 251 g/mol. The van der Waals surface area contributed by atoms with Crippen molar-refractivity contribution < 1.29 is 4.42 Å². The van der Waals surface area contributed by atoms with E-state index in [1.165, 1.54) is 12.8 Å². The summed E-state index contributed by atoms with van der Waals surface area (Å²) in [5.74, 6) is 0. The van der Waals surface area contributed by atoms with Gasteiger partial charge in [-0.1, -0.05) is 20.8 Å². The van der Waals surface area contributed by atoms with E-state index < -0.39 is 0 Å². The van der Waals surface area contributed by atoms with Crippen molar-refractivity contribution in [2.24, 2.45) is 5.41 Å². The number of aromatic nitrogens is 1. The summed E-state index contributed by atoms with van der Waals surface area (Å²) in [5, 5.41) is 3.34. The Bertz CT molecular complexity index is 363. The van der Waals surface area contributed by atoms with Crippen LogP contribution in [-0.2, 0) is 6.54 Å². The molecule has 1 aromatic heterocycles. The molecule has 1 N–H and O–H groups in total. The van der Waals surface area contributed by atoms with Crippen molar-refractivity contribution >= 4 is 6.01 Å². The van der Waals surface area contributed by atoms with E-state index in [4.69, 9.17) is 4.42 Å². The molecule has 1 aliphatic rings. The van der Waals surface area contributed by atoms with Gasteiger partial charge in [0.25, 0.3) is 6.01 Å². The molecule has 18 heavy (non-hydrogen) atoms. The predicted octanol–water partition coefficient (Wildman–Crippen LogP) is 2.80.